The predicted octanol–water partition coefficient (Wildman–Crippen LogP) is -0.575. The van der Waals surface area contributed by atoms with Gasteiger partial charge in [-0.15, -0.1) is 11.8 Å². The maximum absolute atomic E-state index is 13.8. The number of nitrogens with one attached hydrogen (secondary N) is 1. The largest absolute Gasteiger partial charge is 1.00 e. The van der Waals surface area contributed by atoms with Gasteiger partial charge < -0.3 is 43.5 Å². The number of amides is 2. The van der Waals surface area contributed by atoms with E-state index in [1.165, 1.54) is 63.8 Å². The molecule has 56 heavy (non-hydrogen) atoms. The lowest BCUT2D eigenvalue weighted by Crippen LogP contribution is -3.14. The van der Waals surface area contributed by atoms with E-state index in [0.29, 0.717) is 35.5 Å². The number of nitrogens with zero attached hydrogens (tertiary/aromatic N) is 6. The fourth-order valence-corrected chi connectivity index (χ4v) is 9.94. The van der Waals surface area contributed by atoms with Crippen molar-refractivity contribution in [2.75, 3.05) is 39.8 Å². The number of aliphatic hydroxyl groups is 1. The van der Waals surface area contributed by atoms with E-state index in [0.717, 1.165) is 26.1 Å². The number of halogens is 1. The molecule has 3 fully saturated rings. The Kier molecular flexibility index (Phi) is 12.6. The van der Waals surface area contributed by atoms with Gasteiger partial charge in [0.2, 0.25) is 11.7 Å². The lowest BCUT2D eigenvalue weighted by atomic mass is 9.79. The molecular weight excluding hydrogens is 861 g/mol. The third-order valence-electron chi connectivity index (χ3n) is 11.2. The molecule has 7 atom stereocenters. The summed E-state index contributed by atoms with van der Waals surface area (Å²) in [5, 5.41) is 37.0. The number of β-lactam (4-membered cyclic amide) rings is 1. The number of nitro groups is 2. The molecule has 0 aromatic heterocycles. The zero-order chi connectivity index (χ0) is 39.1. The molecule has 0 saturated carbocycles. The standard InChI is InChI=1S/C37H43N7O10S.HI/c1-22-32-31(23(2)45)35(46)42(32)33(36(47)53-20-24-5-9-26(10-6-24)43(49)50)34(22)55-29-17-28(18-39-14-4-15-41-30(39)13-16-38(41)3)40(19-29)37(48)54-21-25-7-11-27(12-8-25)44(51)52;/h5-13,22-23,28-29,31-32,45H,4,14-21H2,1-3H3;1H/t22-,23-,28+,29+,31-,32-;/m1./s1. The number of rotatable bonds is 12. The Morgan fingerprint density at radius 3 is 2.21 bits per heavy atom. The summed E-state index contributed by atoms with van der Waals surface area (Å²) in [6.45, 7) is 6.84. The number of likely N-dealkylation sites (tertiary alicyclic amines) is 1. The van der Waals surface area contributed by atoms with Crippen LogP contribution in [0.3, 0.4) is 0 Å². The normalized spacial score (nSPS) is 26.2. The van der Waals surface area contributed by atoms with E-state index >= 15 is 0 Å². The van der Waals surface area contributed by atoms with E-state index < -0.39 is 40.0 Å². The van der Waals surface area contributed by atoms with Crippen LogP contribution in [0.1, 0.15) is 37.8 Å². The number of aliphatic hydroxyl groups excluding tert-OH is 1. The van der Waals surface area contributed by atoms with Crippen LogP contribution in [0.4, 0.5) is 16.2 Å². The van der Waals surface area contributed by atoms with Crippen molar-refractivity contribution in [1.82, 2.24) is 19.8 Å². The van der Waals surface area contributed by atoms with E-state index in [2.05, 4.69) is 23.1 Å². The molecule has 2 aromatic rings. The number of fused-ring (bicyclic) bond motifs is 2. The zero-order valence-electron chi connectivity index (χ0n) is 31.1. The first-order valence-electron chi connectivity index (χ1n) is 18.3. The Bertz CT molecular complexity index is 1930. The van der Waals surface area contributed by atoms with Gasteiger partial charge in [0.1, 0.15) is 25.5 Å². The molecule has 5 aliphatic heterocycles. The van der Waals surface area contributed by atoms with Gasteiger partial charge in [-0.25, -0.2) is 14.6 Å². The number of carbonyl (C=O) groups is 3. The molecule has 0 radical (unpaired) electrons. The SMILES string of the molecule is C[C@@H](O)[C@H]1C(=O)N2C(C(=O)OCc3ccc([N+](=O)[O-])cc3)=C(S[C@H]3C[C@@H](C[NH+]4CCCN5C4=CCN5C)N(C(=O)OCc4ccc([N+](=O)[O-])cc4)C3)[C@H](C)[C@H]12.[I-]. The summed E-state index contributed by atoms with van der Waals surface area (Å²) in [5.74, 6) is -0.876. The molecule has 2 aromatic carbocycles. The summed E-state index contributed by atoms with van der Waals surface area (Å²) >= 11 is 1.45. The number of ether oxygens (including phenoxy) is 2. The van der Waals surface area contributed by atoms with Gasteiger partial charge in [0, 0.05) is 79.5 Å². The first kappa shape index (κ1) is 41.3. The smallest absolute Gasteiger partial charge is 0.410 e. The number of likely N-dealkylation sites (N-methyl/N-ethyl adjacent to an activating group) is 1. The molecule has 0 spiro atoms. The minimum Gasteiger partial charge on any atom is -1.00 e. The van der Waals surface area contributed by atoms with Crippen LogP contribution in [0.25, 0.3) is 0 Å². The number of hydrogen-bond acceptors (Lipinski definition) is 13. The van der Waals surface area contributed by atoms with Crippen molar-refractivity contribution in [2.45, 2.75) is 63.3 Å². The number of non-ortho nitro benzene ring substituents is 2. The fourth-order valence-electron chi connectivity index (χ4n) is 8.38. The summed E-state index contributed by atoms with van der Waals surface area (Å²) in [6, 6.07) is 10.9. The van der Waals surface area contributed by atoms with E-state index in [9.17, 15) is 39.7 Å². The van der Waals surface area contributed by atoms with Gasteiger partial charge in [-0.3, -0.25) is 39.8 Å². The lowest BCUT2D eigenvalue weighted by molar-refractivity contribution is -0.878. The molecule has 300 valence electrons. The van der Waals surface area contributed by atoms with Gasteiger partial charge in [0.15, 0.2) is 0 Å². The minimum atomic E-state index is -0.925. The average Bonchev–Trinajstić information content (AvgIpc) is 3.82. The summed E-state index contributed by atoms with van der Waals surface area (Å²) in [4.78, 5) is 67.4. The second kappa shape index (κ2) is 17.0. The topological polar surface area (TPSA) is 194 Å². The molecule has 7 rings (SSSR count). The number of hydrazine groups is 1. The number of carbonyl (C=O) groups excluding carboxylic acids is 3. The van der Waals surface area contributed by atoms with Gasteiger partial charge in [0.25, 0.3) is 11.4 Å². The monoisotopic (exact) mass is 905 g/mol. The van der Waals surface area contributed by atoms with Crippen LogP contribution >= 0.6 is 11.8 Å². The molecule has 3 saturated heterocycles. The maximum atomic E-state index is 13.8. The van der Waals surface area contributed by atoms with Crippen molar-refractivity contribution in [1.29, 1.82) is 0 Å². The third kappa shape index (κ3) is 8.09. The third-order valence-corrected chi connectivity index (χ3v) is 12.7. The quantitative estimate of drug-likeness (QED) is 0.0906. The Balaban J connectivity index is 0.00000532. The van der Waals surface area contributed by atoms with Gasteiger partial charge in [-0.05, 0) is 48.7 Å². The molecule has 2 N–H and O–H groups in total. The van der Waals surface area contributed by atoms with E-state index in [1.54, 1.807) is 24.0 Å². The number of hydrogen-bond donors (Lipinski definition) is 2. The summed E-state index contributed by atoms with van der Waals surface area (Å²) in [6.07, 6.45) is 2.35. The molecule has 1 unspecified atom stereocenters. The van der Waals surface area contributed by atoms with E-state index in [-0.39, 0.29) is 77.4 Å². The van der Waals surface area contributed by atoms with Crippen molar-refractivity contribution in [2.24, 2.45) is 11.8 Å². The summed E-state index contributed by atoms with van der Waals surface area (Å²) < 4.78 is 11.5. The second-order valence-corrected chi connectivity index (χ2v) is 16.0. The van der Waals surface area contributed by atoms with Crippen molar-refractivity contribution in [3.05, 3.63) is 102 Å². The summed E-state index contributed by atoms with van der Waals surface area (Å²) in [7, 11) is 2.05. The Morgan fingerprint density at radius 2 is 1.62 bits per heavy atom. The first-order chi connectivity index (χ1) is 26.3. The predicted molar refractivity (Wildman–Crippen MR) is 197 cm³/mol. The van der Waals surface area contributed by atoms with Gasteiger partial charge >= 0.3 is 12.1 Å². The second-order valence-electron chi connectivity index (χ2n) is 14.7. The Morgan fingerprint density at radius 1 is 1.02 bits per heavy atom. The number of benzene rings is 2. The van der Waals surface area contributed by atoms with E-state index in [4.69, 9.17) is 9.47 Å². The highest BCUT2D eigenvalue weighted by Gasteiger charge is 2.60. The van der Waals surface area contributed by atoms with E-state index in [1.807, 2.05) is 6.92 Å². The molecule has 0 bridgehead atoms. The molecule has 2 amide bonds. The fraction of sp³-hybridized carbons (Fsp3) is 0.486. The first-order valence-corrected chi connectivity index (χ1v) is 19.2. The van der Waals surface area contributed by atoms with Gasteiger partial charge in [-0.2, -0.15) is 0 Å². The highest BCUT2D eigenvalue weighted by Crippen LogP contribution is 2.52. The zero-order valence-corrected chi connectivity index (χ0v) is 34.1. The summed E-state index contributed by atoms with van der Waals surface area (Å²) in [5.41, 5.74) is 1.12. The van der Waals surface area contributed by atoms with Gasteiger partial charge in [0.05, 0.1) is 40.5 Å². The molecule has 5 aliphatic rings. The highest BCUT2D eigenvalue weighted by molar-refractivity contribution is 8.03. The number of esters is 1. The molecule has 17 nitrogen and oxygen atoms in total. The Labute approximate surface area is 344 Å². The van der Waals surface area contributed by atoms with Crippen molar-refractivity contribution < 1.29 is 67.7 Å². The number of quaternary nitrogens is 1. The van der Waals surface area contributed by atoms with Gasteiger partial charge in [-0.1, -0.05) is 6.92 Å². The molecule has 5 heterocycles. The minimum absolute atomic E-state index is 0. The lowest BCUT2D eigenvalue weighted by Gasteiger charge is -2.46. The van der Waals surface area contributed by atoms with Crippen LogP contribution in [-0.2, 0) is 32.3 Å². The van der Waals surface area contributed by atoms with Crippen LogP contribution in [0.2, 0.25) is 0 Å². The average molecular weight is 906 g/mol. The number of thioether (sulfide) groups is 1. The highest BCUT2D eigenvalue weighted by atomic mass is 127. The van der Waals surface area contributed by atoms with Crippen molar-refractivity contribution in [3.63, 3.8) is 0 Å². The van der Waals surface area contributed by atoms with Crippen molar-refractivity contribution in [3.8, 4) is 0 Å². The van der Waals surface area contributed by atoms with Crippen LogP contribution in [-0.4, -0.2) is 116 Å². The number of nitro benzene ring substituents is 2. The van der Waals surface area contributed by atoms with Crippen LogP contribution in [0.15, 0.2) is 71.0 Å². The van der Waals surface area contributed by atoms with Crippen molar-refractivity contribution >= 4 is 41.1 Å². The molecule has 0 aliphatic carbocycles. The Hall–Kier alpha value is -4.31. The van der Waals surface area contributed by atoms with Crippen LogP contribution in [0, 0.1) is 32.1 Å². The van der Waals surface area contributed by atoms with Crippen LogP contribution < -0.4 is 28.9 Å². The van der Waals surface area contributed by atoms with Crippen LogP contribution in [0.5, 0.6) is 0 Å². The maximum Gasteiger partial charge on any atom is 0.410 e. The molecular formula is C37H44IN7O10S. The molecule has 19 heteroatoms.